The molecule has 202 valence electrons. The Hall–Kier alpha value is -2.64. The van der Waals surface area contributed by atoms with Crippen LogP contribution in [0.4, 0.5) is 23.7 Å². The van der Waals surface area contributed by atoms with E-state index in [1.807, 2.05) is 0 Å². The molecule has 2 aromatic rings. The van der Waals surface area contributed by atoms with E-state index in [2.05, 4.69) is 26.0 Å². The van der Waals surface area contributed by atoms with Crippen molar-refractivity contribution < 1.29 is 35.9 Å². The second-order valence-electron chi connectivity index (χ2n) is 9.50. The topological polar surface area (TPSA) is 105 Å². The minimum Gasteiger partial charge on any atom is -0.444 e. The van der Waals surface area contributed by atoms with Crippen molar-refractivity contribution in [1.29, 1.82) is 0 Å². The number of piperidine rings is 1. The fourth-order valence-electron chi connectivity index (χ4n) is 3.80. The number of benzene rings is 2. The molecule has 0 aliphatic carbocycles. The van der Waals surface area contributed by atoms with Gasteiger partial charge in [0.15, 0.2) is 0 Å². The molecule has 2 N–H and O–H groups in total. The third-order valence-electron chi connectivity index (χ3n) is 5.43. The van der Waals surface area contributed by atoms with Gasteiger partial charge in [0.2, 0.25) is 10.0 Å². The Bertz CT molecular complexity index is 1270. The van der Waals surface area contributed by atoms with Gasteiger partial charge >= 0.3 is 12.3 Å². The van der Waals surface area contributed by atoms with E-state index in [0.29, 0.717) is 0 Å². The molecule has 0 saturated carbocycles. The molecule has 3 rings (SSSR count). The van der Waals surface area contributed by atoms with Crippen molar-refractivity contribution in [3.63, 3.8) is 0 Å². The Morgan fingerprint density at radius 2 is 1.68 bits per heavy atom. The van der Waals surface area contributed by atoms with Gasteiger partial charge in [0.1, 0.15) is 5.60 Å². The molecule has 2 amide bonds. The molecule has 1 aliphatic rings. The number of rotatable bonds is 5. The highest BCUT2D eigenvalue weighted by atomic mass is 79.9. The Morgan fingerprint density at radius 1 is 1.05 bits per heavy atom. The molecule has 0 bridgehead atoms. The predicted octanol–water partition coefficient (Wildman–Crippen LogP) is 5.40. The van der Waals surface area contributed by atoms with Crippen LogP contribution in [0.1, 0.15) is 49.5 Å². The third-order valence-corrected chi connectivity index (χ3v) is 7.51. The van der Waals surface area contributed by atoms with Crippen molar-refractivity contribution in [3.8, 4) is 0 Å². The Morgan fingerprint density at radius 3 is 2.27 bits per heavy atom. The summed E-state index contributed by atoms with van der Waals surface area (Å²) in [5.41, 5.74) is -1.50. The van der Waals surface area contributed by atoms with Gasteiger partial charge in [-0.15, -0.1) is 0 Å². The van der Waals surface area contributed by atoms with Crippen molar-refractivity contribution in [2.24, 2.45) is 0 Å². The van der Waals surface area contributed by atoms with E-state index in [9.17, 15) is 31.2 Å². The van der Waals surface area contributed by atoms with Gasteiger partial charge in [-0.3, -0.25) is 10.1 Å². The lowest BCUT2D eigenvalue weighted by molar-refractivity contribution is -0.139. The molecular formula is C24H27BrF3N3O5S. The average Bonchev–Trinajstić information content (AvgIpc) is 2.77. The van der Waals surface area contributed by atoms with Crippen molar-refractivity contribution >= 4 is 43.6 Å². The number of alkyl halides is 3. The molecule has 13 heteroatoms. The van der Waals surface area contributed by atoms with Crippen LogP contribution in [-0.2, 0) is 20.9 Å². The number of halogens is 4. The number of carbonyl (C=O) groups is 2. The Balaban J connectivity index is 1.68. The minimum atomic E-state index is -4.86. The SMILES string of the molecule is CC(C)(C)OC(=O)Nc1ccccc1C(=O)N1CCC(NS(=O)(=O)c2ccc(Br)cc2C(F)(F)F)CC1. The maximum absolute atomic E-state index is 13.4. The second kappa shape index (κ2) is 11.0. The zero-order valence-corrected chi connectivity index (χ0v) is 22.8. The molecule has 8 nitrogen and oxygen atoms in total. The fraction of sp³-hybridized carbons (Fsp3) is 0.417. The molecule has 0 radical (unpaired) electrons. The Kier molecular flexibility index (Phi) is 8.60. The quantitative estimate of drug-likeness (QED) is 0.475. The van der Waals surface area contributed by atoms with Gasteiger partial charge in [0, 0.05) is 23.6 Å². The van der Waals surface area contributed by atoms with Gasteiger partial charge in [-0.1, -0.05) is 28.1 Å². The summed E-state index contributed by atoms with van der Waals surface area (Å²) in [6, 6.07) is 8.61. The zero-order chi connectivity index (χ0) is 27.6. The molecule has 1 fully saturated rings. The third kappa shape index (κ3) is 7.68. The van der Waals surface area contributed by atoms with Gasteiger partial charge in [0.05, 0.1) is 21.7 Å². The van der Waals surface area contributed by atoms with Gasteiger partial charge in [-0.2, -0.15) is 13.2 Å². The summed E-state index contributed by atoms with van der Waals surface area (Å²) >= 11 is 2.94. The zero-order valence-electron chi connectivity index (χ0n) is 20.4. The van der Waals surface area contributed by atoms with Crippen molar-refractivity contribution in [3.05, 3.63) is 58.1 Å². The Labute approximate surface area is 221 Å². The van der Waals surface area contributed by atoms with Gasteiger partial charge < -0.3 is 9.64 Å². The first-order valence-electron chi connectivity index (χ1n) is 11.3. The molecule has 1 aliphatic heterocycles. The van der Waals surface area contributed by atoms with Crippen LogP contribution < -0.4 is 10.0 Å². The number of para-hydroxylation sites is 1. The summed E-state index contributed by atoms with van der Waals surface area (Å²) < 4.78 is 73.6. The molecule has 0 spiro atoms. The number of hydrogen-bond donors (Lipinski definition) is 2. The molecule has 1 heterocycles. The van der Waals surface area contributed by atoms with Crippen LogP contribution in [0, 0.1) is 0 Å². The average molecular weight is 606 g/mol. The number of hydrogen-bond acceptors (Lipinski definition) is 5. The van der Waals surface area contributed by atoms with E-state index in [-0.39, 0.29) is 47.6 Å². The van der Waals surface area contributed by atoms with Gasteiger partial charge in [-0.05, 0) is 63.9 Å². The number of carbonyl (C=O) groups excluding carboxylic acids is 2. The lowest BCUT2D eigenvalue weighted by atomic mass is 10.0. The van der Waals surface area contributed by atoms with Crippen molar-refractivity contribution in [2.75, 3.05) is 18.4 Å². The normalized spacial score (nSPS) is 15.4. The molecule has 0 aromatic heterocycles. The number of amides is 2. The summed E-state index contributed by atoms with van der Waals surface area (Å²) in [4.78, 5) is 26.0. The standard InChI is InChI=1S/C24H27BrF3N3O5S/c1-23(2,3)36-22(33)29-19-7-5-4-6-17(19)21(32)31-12-10-16(11-13-31)30-37(34,35)20-9-8-15(25)14-18(20)24(26,27)28/h4-9,14,16,30H,10-13H2,1-3H3,(H,29,33). The molecule has 0 atom stereocenters. The van der Waals surface area contributed by atoms with Crippen LogP contribution in [0.5, 0.6) is 0 Å². The first kappa shape index (κ1) is 28.9. The van der Waals surface area contributed by atoms with E-state index >= 15 is 0 Å². The number of sulfonamides is 1. The maximum atomic E-state index is 13.4. The molecule has 1 saturated heterocycles. The van der Waals surface area contributed by atoms with E-state index in [0.717, 1.165) is 12.1 Å². The summed E-state index contributed by atoms with van der Waals surface area (Å²) in [5.74, 6) is -0.375. The number of anilines is 1. The lowest BCUT2D eigenvalue weighted by Crippen LogP contribution is -2.46. The second-order valence-corrected chi connectivity index (χ2v) is 12.1. The summed E-state index contributed by atoms with van der Waals surface area (Å²) in [7, 11) is -4.47. The highest BCUT2D eigenvalue weighted by Crippen LogP contribution is 2.36. The highest BCUT2D eigenvalue weighted by molar-refractivity contribution is 9.10. The van der Waals surface area contributed by atoms with Crippen LogP contribution >= 0.6 is 15.9 Å². The number of nitrogens with zero attached hydrogens (tertiary/aromatic N) is 1. The smallest absolute Gasteiger partial charge is 0.417 e. The monoisotopic (exact) mass is 605 g/mol. The lowest BCUT2D eigenvalue weighted by Gasteiger charge is -2.33. The van der Waals surface area contributed by atoms with E-state index in [4.69, 9.17) is 4.74 Å². The van der Waals surface area contributed by atoms with E-state index in [1.54, 1.807) is 45.0 Å². The molecule has 37 heavy (non-hydrogen) atoms. The van der Waals surface area contributed by atoms with Crippen LogP contribution in [0.15, 0.2) is 51.8 Å². The fourth-order valence-corrected chi connectivity index (χ4v) is 5.68. The summed E-state index contributed by atoms with van der Waals surface area (Å²) in [6.45, 7) is 5.46. The van der Waals surface area contributed by atoms with Crippen LogP contribution in [0.25, 0.3) is 0 Å². The number of ether oxygens (including phenoxy) is 1. The molecule has 2 aromatic carbocycles. The minimum absolute atomic E-state index is 0.104. The number of likely N-dealkylation sites (tertiary alicyclic amines) is 1. The number of nitrogens with one attached hydrogen (secondary N) is 2. The summed E-state index contributed by atoms with van der Waals surface area (Å²) in [6.07, 6.45) is -5.17. The maximum Gasteiger partial charge on any atom is 0.417 e. The summed E-state index contributed by atoms with van der Waals surface area (Å²) in [5, 5.41) is 2.57. The molecule has 0 unspecified atom stereocenters. The highest BCUT2D eigenvalue weighted by Gasteiger charge is 2.38. The first-order chi connectivity index (χ1) is 17.1. The van der Waals surface area contributed by atoms with Crippen molar-refractivity contribution in [2.45, 2.75) is 56.3 Å². The van der Waals surface area contributed by atoms with E-state index in [1.165, 1.54) is 11.0 Å². The first-order valence-corrected chi connectivity index (χ1v) is 13.6. The van der Waals surface area contributed by atoms with Gasteiger partial charge in [0.25, 0.3) is 5.91 Å². The predicted molar refractivity (Wildman–Crippen MR) is 135 cm³/mol. The van der Waals surface area contributed by atoms with Crippen LogP contribution in [0.2, 0.25) is 0 Å². The van der Waals surface area contributed by atoms with Gasteiger partial charge in [-0.25, -0.2) is 17.9 Å². The van der Waals surface area contributed by atoms with Crippen molar-refractivity contribution in [1.82, 2.24) is 9.62 Å². The molecular weight excluding hydrogens is 579 g/mol. The van der Waals surface area contributed by atoms with Crippen LogP contribution in [0.3, 0.4) is 0 Å². The van der Waals surface area contributed by atoms with E-state index < -0.39 is 44.4 Å². The van der Waals surface area contributed by atoms with Crippen LogP contribution in [-0.4, -0.2) is 50.1 Å². The largest absolute Gasteiger partial charge is 0.444 e.